The van der Waals surface area contributed by atoms with E-state index in [1.807, 2.05) is 81.6 Å². The lowest BCUT2D eigenvalue weighted by molar-refractivity contribution is -0.115. The summed E-state index contributed by atoms with van der Waals surface area (Å²) >= 11 is 0. The summed E-state index contributed by atoms with van der Waals surface area (Å²) in [7, 11) is 3.63. The molecule has 0 saturated heterocycles. The maximum atomic E-state index is 13.8. The van der Waals surface area contributed by atoms with Gasteiger partial charge in [0.1, 0.15) is 23.4 Å². The maximum absolute atomic E-state index is 13.8. The van der Waals surface area contributed by atoms with Gasteiger partial charge < -0.3 is 29.5 Å². The number of carbonyl (C=O) groups excluding carboxylic acids is 2. The van der Waals surface area contributed by atoms with Gasteiger partial charge in [-0.05, 0) is 80.6 Å². The Morgan fingerprint density at radius 3 is 2.25 bits per heavy atom. The zero-order valence-electron chi connectivity index (χ0n) is 28.3. The molecule has 0 spiro atoms. The maximum Gasteiger partial charge on any atom is 0.258 e. The van der Waals surface area contributed by atoms with Crippen molar-refractivity contribution in [2.75, 3.05) is 39.2 Å². The molecular formula is C39H45N3O6. The highest BCUT2D eigenvalue weighted by Gasteiger charge is 2.34. The highest BCUT2D eigenvalue weighted by molar-refractivity contribution is 6.02. The molecule has 0 aromatic heterocycles. The van der Waals surface area contributed by atoms with Gasteiger partial charge in [-0.15, -0.1) is 0 Å². The molecule has 0 radical (unpaired) electrons. The highest BCUT2D eigenvalue weighted by atomic mass is 16.5. The first-order chi connectivity index (χ1) is 23.1. The minimum atomic E-state index is -0.391. The molecule has 48 heavy (non-hydrogen) atoms. The highest BCUT2D eigenvalue weighted by Crippen LogP contribution is 2.35. The van der Waals surface area contributed by atoms with Gasteiger partial charge in [0.05, 0.1) is 37.4 Å². The van der Waals surface area contributed by atoms with Gasteiger partial charge in [-0.2, -0.15) is 0 Å². The quantitative estimate of drug-likeness (QED) is 0.185. The summed E-state index contributed by atoms with van der Waals surface area (Å²) < 4.78 is 17.9. The van der Waals surface area contributed by atoms with Crippen molar-refractivity contribution in [2.45, 2.75) is 45.9 Å². The Labute approximate surface area is 283 Å². The van der Waals surface area contributed by atoms with Crippen LogP contribution in [0.15, 0.2) is 91.0 Å². The summed E-state index contributed by atoms with van der Waals surface area (Å²) in [6.07, 6.45) is -0.175. The Morgan fingerprint density at radius 2 is 1.60 bits per heavy atom. The third-order valence-electron chi connectivity index (χ3n) is 8.61. The van der Waals surface area contributed by atoms with Crippen LogP contribution >= 0.6 is 0 Å². The second-order valence-electron chi connectivity index (χ2n) is 12.6. The van der Waals surface area contributed by atoms with E-state index < -0.39 is 6.04 Å². The van der Waals surface area contributed by atoms with Gasteiger partial charge in [-0.3, -0.25) is 14.5 Å². The van der Waals surface area contributed by atoms with E-state index in [2.05, 4.69) is 29.3 Å². The number of rotatable bonds is 12. The lowest BCUT2D eigenvalue weighted by Gasteiger charge is -2.38. The summed E-state index contributed by atoms with van der Waals surface area (Å²) in [5.41, 5.74) is 3.91. The van der Waals surface area contributed by atoms with Crippen LogP contribution in [0.1, 0.15) is 40.9 Å². The molecule has 1 aliphatic rings. The van der Waals surface area contributed by atoms with E-state index >= 15 is 0 Å². The number of methoxy groups -OCH3 is 1. The second kappa shape index (κ2) is 15.8. The number of likely N-dealkylation sites (N-methyl/N-ethyl adjacent to an activating group) is 1. The predicted octanol–water partition coefficient (Wildman–Crippen LogP) is 6.33. The van der Waals surface area contributed by atoms with Crippen molar-refractivity contribution in [1.29, 1.82) is 0 Å². The van der Waals surface area contributed by atoms with E-state index in [9.17, 15) is 14.7 Å². The molecule has 0 unspecified atom stereocenters. The molecule has 0 bridgehead atoms. The van der Waals surface area contributed by atoms with Gasteiger partial charge in [-0.25, -0.2) is 0 Å². The molecule has 9 heteroatoms. The molecule has 2 N–H and O–H groups in total. The van der Waals surface area contributed by atoms with Crippen molar-refractivity contribution in [2.24, 2.45) is 5.92 Å². The van der Waals surface area contributed by atoms with Crippen molar-refractivity contribution < 1.29 is 28.9 Å². The van der Waals surface area contributed by atoms with Crippen LogP contribution in [0, 0.1) is 12.8 Å². The number of amides is 2. The van der Waals surface area contributed by atoms with Crippen LogP contribution in [0.25, 0.3) is 0 Å². The SMILES string of the molecule is COc1ccc(CC(=O)Nc2cccc3c2O[C@H](CN(C)Cc2ccc(Oc4ccc(C)cc4)cc2)[C@H](C)CN([C@@H](C)CO)C3=O)cc1. The lowest BCUT2D eigenvalue weighted by atomic mass is 9.98. The van der Waals surface area contributed by atoms with Crippen LogP contribution in [-0.2, 0) is 17.8 Å². The van der Waals surface area contributed by atoms with E-state index in [4.69, 9.17) is 14.2 Å². The largest absolute Gasteiger partial charge is 0.497 e. The smallest absolute Gasteiger partial charge is 0.258 e. The van der Waals surface area contributed by atoms with Crippen LogP contribution in [0.2, 0.25) is 0 Å². The summed E-state index contributed by atoms with van der Waals surface area (Å²) in [5.74, 6) is 2.05. The molecule has 4 aromatic carbocycles. The fraction of sp³-hybridized carbons (Fsp3) is 0.333. The monoisotopic (exact) mass is 651 g/mol. The summed E-state index contributed by atoms with van der Waals surface area (Å²) in [5, 5.41) is 13.0. The number of para-hydroxylation sites is 1. The van der Waals surface area contributed by atoms with Crippen molar-refractivity contribution in [3.63, 3.8) is 0 Å². The first-order valence-corrected chi connectivity index (χ1v) is 16.3. The third-order valence-corrected chi connectivity index (χ3v) is 8.61. The average Bonchev–Trinajstić information content (AvgIpc) is 3.08. The molecular weight excluding hydrogens is 606 g/mol. The van der Waals surface area contributed by atoms with Gasteiger partial charge in [-0.1, -0.05) is 55.0 Å². The number of benzene rings is 4. The van der Waals surface area contributed by atoms with Crippen LogP contribution in [0.3, 0.4) is 0 Å². The first kappa shape index (κ1) is 34.5. The number of ether oxygens (including phenoxy) is 3. The number of aryl methyl sites for hydroxylation is 1. The zero-order valence-corrected chi connectivity index (χ0v) is 28.3. The Morgan fingerprint density at radius 1 is 0.979 bits per heavy atom. The van der Waals surface area contributed by atoms with Crippen molar-refractivity contribution in [1.82, 2.24) is 9.80 Å². The van der Waals surface area contributed by atoms with E-state index in [0.717, 1.165) is 22.6 Å². The zero-order chi connectivity index (χ0) is 34.2. The lowest BCUT2D eigenvalue weighted by Crippen LogP contribution is -2.49. The number of anilines is 1. The molecule has 4 aromatic rings. The number of aliphatic hydroxyl groups excluding tert-OH is 1. The molecule has 252 valence electrons. The van der Waals surface area contributed by atoms with Gasteiger partial charge in [0.15, 0.2) is 5.75 Å². The van der Waals surface area contributed by atoms with Crippen LogP contribution in [-0.4, -0.2) is 72.7 Å². The summed E-state index contributed by atoms with van der Waals surface area (Å²) in [6.45, 7) is 7.41. The van der Waals surface area contributed by atoms with Crippen LogP contribution in [0.5, 0.6) is 23.0 Å². The summed E-state index contributed by atoms with van der Waals surface area (Å²) in [6, 6.07) is 28.1. The Bertz CT molecular complexity index is 1670. The van der Waals surface area contributed by atoms with Crippen molar-refractivity contribution >= 4 is 17.5 Å². The van der Waals surface area contributed by atoms with E-state index in [1.54, 1.807) is 30.2 Å². The van der Waals surface area contributed by atoms with Gasteiger partial charge >= 0.3 is 0 Å². The minimum Gasteiger partial charge on any atom is -0.497 e. The fourth-order valence-corrected chi connectivity index (χ4v) is 5.77. The van der Waals surface area contributed by atoms with E-state index in [-0.39, 0.29) is 36.9 Å². The Balaban J connectivity index is 1.33. The molecule has 1 aliphatic heterocycles. The molecule has 0 aliphatic carbocycles. The fourth-order valence-electron chi connectivity index (χ4n) is 5.77. The predicted molar refractivity (Wildman–Crippen MR) is 187 cm³/mol. The molecule has 2 amide bonds. The number of nitrogens with zero attached hydrogens (tertiary/aromatic N) is 2. The standard InChI is InChI=1S/C39H45N3O6/c1-26-9-15-32(16-10-26)47-33-19-13-30(14-20-33)23-41(4)24-36-27(2)22-42(28(3)25-43)39(45)34-7-6-8-35(38(34)48-36)40-37(44)21-29-11-17-31(46-5)18-12-29/h6-20,27-28,36,43H,21-25H2,1-5H3,(H,40,44)/t27-,28+,36-/m1/s1. The number of carbonyl (C=O) groups is 2. The number of hydrogen-bond acceptors (Lipinski definition) is 7. The van der Waals surface area contributed by atoms with E-state index in [1.165, 1.54) is 5.56 Å². The number of hydrogen-bond donors (Lipinski definition) is 2. The van der Waals surface area contributed by atoms with Crippen LogP contribution in [0.4, 0.5) is 5.69 Å². The summed E-state index contributed by atoms with van der Waals surface area (Å²) in [4.78, 5) is 30.9. The minimum absolute atomic E-state index is 0.0770. The number of aliphatic hydroxyl groups is 1. The third kappa shape index (κ3) is 8.73. The van der Waals surface area contributed by atoms with Crippen LogP contribution < -0.4 is 19.5 Å². The molecule has 3 atom stereocenters. The normalized spacial score (nSPS) is 16.7. The first-order valence-electron chi connectivity index (χ1n) is 16.3. The van der Waals surface area contributed by atoms with Gasteiger partial charge in [0.2, 0.25) is 5.91 Å². The molecule has 0 saturated carbocycles. The number of nitrogens with one attached hydrogen (secondary N) is 1. The van der Waals surface area contributed by atoms with Crippen molar-refractivity contribution in [3.8, 4) is 23.0 Å². The topological polar surface area (TPSA) is 101 Å². The molecule has 9 nitrogen and oxygen atoms in total. The Hall–Kier alpha value is -4.86. The molecule has 0 fully saturated rings. The molecule has 1 heterocycles. The second-order valence-corrected chi connectivity index (χ2v) is 12.6. The van der Waals surface area contributed by atoms with Crippen molar-refractivity contribution in [3.05, 3.63) is 113 Å². The molecule has 5 rings (SSSR count). The van der Waals surface area contributed by atoms with Gasteiger partial charge in [0.25, 0.3) is 5.91 Å². The average molecular weight is 652 g/mol. The Kier molecular flexibility index (Phi) is 11.4. The number of fused-ring (bicyclic) bond motifs is 1. The van der Waals surface area contributed by atoms with Gasteiger partial charge in [0, 0.05) is 25.6 Å². The van der Waals surface area contributed by atoms with E-state index in [0.29, 0.717) is 42.4 Å².